The predicted octanol–water partition coefficient (Wildman–Crippen LogP) is 4.08. The third-order valence-electron chi connectivity index (χ3n) is 3.37. The van der Waals surface area contributed by atoms with Gasteiger partial charge in [0.1, 0.15) is 17.0 Å². The Labute approximate surface area is 121 Å². The molecule has 0 radical (unpaired) electrons. The summed E-state index contributed by atoms with van der Waals surface area (Å²) in [6.07, 6.45) is 2.53. The molecule has 0 atom stereocenters. The molecule has 2 aromatic heterocycles. The Morgan fingerprint density at radius 3 is 2.70 bits per heavy atom. The van der Waals surface area contributed by atoms with Crippen molar-refractivity contribution < 1.29 is 4.79 Å². The summed E-state index contributed by atoms with van der Waals surface area (Å²) in [7, 11) is 0. The van der Waals surface area contributed by atoms with E-state index < -0.39 is 0 Å². The largest absolute Gasteiger partial charge is 0.296 e. The van der Waals surface area contributed by atoms with E-state index in [-0.39, 0.29) is 0 Å². The van der Waals surface area contributed by atoms with Crippen LogP contribution in [0.15, 0.2) is 36.5 Å². The highest BCUT2D eigenvalue weighted by Crippen LogP contribution is 2.27. The number of aromatic nitrogens is 2. The van der Waals surface area contributed by atoms with E-state index in [0.717, 1.165) is 17.4 Å². The molecular formula is C16H13ClN2O. The van der Waals surface area contributed by atoms with Crippen molar-refractivity contribution in [3.63, 3.8) is 0 Å². The third-order valence-corrected chi connectivity index (χ3v) is 3.59. The van der Waals surface area contributed by atoms with Crippen molar-refractivity contribution in [3.05, 3.63) is 58.4 Å². The first-order chi connectivity index (χ1) is 9.60. The highest BCUT2D eigenvalue weighted by Gasteiger charge is 2.15. The van der Waals surface area contributed by atoms with Crippen LogP contribution in [-0.2, 0) is 0 Å². The number of hydrogen-bond donors (Lipinski definition) is 0. The summed E-state index contributed by atoms with van der Waals surface area (Å²) in [4.78, 5) is 16.0. The molecular weight excluding hydrogens is 272 g/mol. The monoisotopic (exact) mass is 284 g/mol. The molecule has 2 heterocycles. The van der Waals surface area contributed by atoms with Crippen LogP contribution in [-0.4, -0.2) is 15.7 Å². The van der Waals surface area contributed by atoms with Gasteiger partial charge in [0.25, 0.3) is 0 Å². The summed E-state index contributed by atoms with van der Waals surface area (Å²) in [5.74, 6) is 0. The number of hydrogen-bond acceptors (Lipinski definition) is 2. The highest BCUT2D eigenvalue weighted by atomic mass is 35.5. The number of aldehydes is 1. The molecule has 4 heteroatoms. The molecule has 20 heavy (non-hydrogen) atoms. The zero-order valence-corrected chi connectivity index (χ0v) is 12.0. The lowest BCUT2D eigenvalue weighted by molar-refractivity contribution is 0.111. The third kappa shape index (κ3) is 2.00. The molecule has 0 unspecified atom stereocenters. The first-order valence-electron chi connectivity index (χ1n) is 6.30. The number of halogens is 1. The summed E-state index contributed by atoms with van der Waals surface area (Å²) in [5.41, 5.74) is 5.19. The van der Waals surface area contributed by atoms with Gasteiger partial charge < -0.3 is 0 Å². The van der Waals surface area contributed by atoms with E-state index in [4.69, 9.17) is 11.6 Å². The Hall–Kier alpha value is -2.13. The molecule has 0 N–H and O–H groups in total. The lowest BCUT2D eigenvalue weighted by Crippen LogP contribution is -1.93. The minimum atomic E-state index is 0.523. The molecule has 3 aromatic rings. The Balaban J connectivity index is 2.33. The summed E-state index contributed by atoms with van der Waals surface area (Å²) < 4.78 is 1.73. The molecule has 0 saturated heterocycles. The zero-order valence-electron chi connectivity index (χ0n) is 11.2. The van der Waals surface area contributed by atoms with Gasteiger partial charge in [0.2, 0.25) is 0 Å². The van der Waals surface area contributed by atoms with Crippen LogP contribution in [0.5, 0.6) is 0 Å². The van der Waals surface area contributed by atoms with Gasteiger partial charge in [-0.25, -0.2) is 4.98 Å². The van der Waals surface area contributed by atoms with Gasteiger partial charge in [-0.05, 0) is 31.5 Å². The number of nitrogens with zero attached hydrogens (tertiary/aromatic N) is 2. The minimum Gasteiger partial charge on any atom is -0.296 e. The predicted molar refractivity (Wildman–Crippen MR) is 80.5 cm³/mol. The van der Waals surface area contributed by atoms with Crippen molar-refractivity contribution in [2.24, 2.45) is 0 Å². The number of carbonyl (C=O) groups excluding carboxylic acids is 1. The van der Waals surface area contributed by atoms with E-state index in [2.05, 4.69) is 11.1 Å². The van der Waals surface area contributed by atoms with Gasteiger partial charge >= 0.3 is 0 Å². The Bertz CT molecular complexity index is 821. The van der Waals surface area contributed by atoms with Crippen LogP contribution in [0.2, 0.25) is 5.02 Å². The highest BCUT2D eigenvalue weighted by molar-refractivity contribution is 6.30. The Kier molecular flexibility index (Phi) is 3.07. The van der Waals surface area contributed by atoms with Gasteiger partial charge in [0.15, 0.2) is 6.29 Å². The maximum atomic E-state index is 11.5. The lowest BCUT2D eigenvalue weighted by atomic mass is 10.0. The van der Waals surface area contributed by atoms with Gasteiger partial charge in [-0.3, -0.25) is 9.20 Å². The Morgan fingerprint density at radius 2 is 2.00 bits per heavy atom. The van der Waals surface area contributed by atoms with E-state index in [1.165, 1.54) is 5.56 Å². The molecule has 0 aliphatic heterocycles. The minimum absolute atomic E-state index is 0.523. The second kappa shape index (κ2) is 4.76. The van der Waals surface area contributed by atoms with Crippen molar-refractivity contribution in [2.75, 3.05) is 0 Å². The van der Waals surface area contributed by atoms with Crippen molar-refractivity contribution >= 4 is 23.5 Å². The fraction of sp³-hybridized carbons (Fsp3) is 0.125. The summed E-state index contributed by atoms with van der Waals surface area (Å²) in [6, 6.07) is 9.68. The average Bonchev–Trinajstić information content (AvgIpc) is 2.76. The molecule has 0 aliphatic rings. The maximum absolute atomic E-state index is 11.5. The van der Waals surface area contributed by atoms with Gasteiger partial charge in [-0.1, -0.05) is 35.4 Å². The van der Waals surface area contributed by atoms with Crippen LogP contribution in [0.1, 0.15) is 21.6 Å². The molecule has 1 aromatic carbocycles. The molecule has 0 bridgehead atoms. The maximum Gasteiger partial charge on any atom is 0.169 e. The SMILES string of the molecule is Cc1ccc(-c2nc3ccc(Cl)cn3c2C=O)c(C)c1. The summed E-state index contributed by atoms with van der Waals surface area (Å²) in [6.45, 7) is 4.06. The normalized spacial score (nSPS) is 10.9. The molecule has 0 aliphatic carbocycles. The molecule has 0 amide bonds. The standard InChI is InChI=1S/C16H13ClN2O/c1-10-3-5-13(11(2)7-10)16-14(9-20)19-8-12(17)4-6-15(19)18-16/h3-9H,1-2H3. The molecule has 0 fully saturated rings. The molecule has 0 saturated carbocycles. The molecule has 100 valence electrons. The van der Waals surface area contributed by atoms with Gasteiger partial charge in [0.05, 0.1) is 5.02 Å². The summed E-state index contributed by atoms with van der Waals surface area (Å²) in [5, 5.41) is 0.574. The number of benzene rings is 1. The van der Waals surface area contributed by atoms with Crippen molar-refractivity contribution in [1.29, 1.82) is 0 Å². The molecule has 0 spiro atoms. The van der Waals surface area contributed by atoms with E-state index in [0.29, 0.717) is 22.1 Å². The van der Waals surface area contributed by atoms with Gasteiger partial charge in [-0.2, -0.15) is 0 Å². The van der Waals surface area contributed by atoms with E-state index >= 15 is 0 Å². The number of pyridine rings is 1. The van der Waals surface area contributed by atoms with Gasteiger partial charge in [-0.15, -0.1) is 0 Å². The van der Waals surface area contributed by atoms with Crippen molar-refractivity contribution in [3.8, 4) is 11.3 Å². The second-order valence-electron chi connectivity index (χ2n) is 4.86. The van der Waals surface area contributed by atoms with Crippen LogP contribution in [0.4, 0.5) is 0 Å². The number of imidazole rings is 1. The number of carbonyl (C=O) groups is 1. The smallest absolute Gasteiger partial charge is 0.169 e. The fourth-order valence-corrected chi connectivity index (χ4v) is 2.59. The first kappa shape index (κ1) is 12.9. The first-order valence-corrected chi connectivity index (χ1v) is 6.68. The van der Waals surface area contributed by atoms with E-state index in [1.54, 1.807) is 16.7 Å². The summed E-state index contributed by atoms with van der Waals surface area (Å²) >= 11 is 5.99. The van der Waals surface area contributed by atoms with Crippen LogP contribution >= 0.6 is 11.6 Å². The topological polar surface area (TPSA) is 34.4 Å². The number of fused-ring (bicyclic) bond motifs is 1. The van der Waals surface area contributed by atoms with Gasteiger partial charge in [0, 0.05) is 11.8 Å². The number of rotatable bonds is 2. The molecule has 3 nitrogen and oxygen atoms in total. The second-order valence-corrected chi connectivity index (χ2v) is 5.29. The fourth-order valence-electron chi connectivity index (χ4n) is 2.43. The number of aryl methyl sites for hydroxylation is 2. The van der Waals surface area contributed by atoms with Crippen LogP contribution in [0, 0.1) is 13.8 Å². The van der Waals surface area contributed by atoms with Crippen molar-refractivity contribution in [2.45, 2.75) is 13.8 Å². The Morgan fingerprint density at radius 1 is 1.20 bits per heavy atom. The lowest BCUT2D eigenvalue weighted by Gasteiger charge is -2.04. The molecule has 3 rings (SSSR count). The van der Waals surface area contributed by atoms with Crippen LogP contribution < -0.4 is 0 Å². The van der Waals surface area contributed by atoms with E-state index in [9.17, 15) is 4.79 Å². The van der Waals surface area contributed by atoms with Crippen molar-refractivity contribution in [1.82, 2.24) is 9.38 Å². The van der Waals surface area contributed by atoms with Crippen LogP contribution in [0.3, 0.4) is 0 Å². The van der Waals surface area contributed by atoms with E-state index in [1.807, 2.05) is 32.0 Å². The zero-order chi connectivity index (χ0) is 14.3. The van der Waals surface area contributed by atoms with Crippen LogP contribution in [0.25, 0.3) is 16.9 Å². The quantitative estimate of drug-likeness (QED) is 0.665. The average molecular weight is 285 g/mol.